The Labute approximate surface area is 134 Å². The van der Waals surface area contributed by atoms with E-state index in [2.05, 4.69) is 38.5 Å². The number of carbonyl (C=O) groups is 1. The fourth-order valence-corrected chi connectivity index (χ4v) is 1.76. The third kappa shape index (κ3) is 7.13. The van der Waals surface area contributed by atoms with E-state index in [0.717, 1.165) is 23.0 Å². The van der Waals surface area contributed by atoms with E-state index in [0.29, 0.717) is 12.5 Å². The van der Waals surface area contributed by atoms with Gasteiger partial charge in [-0.3, -0.25) is 4.79 Å². The first-order valence-corrected chi connectivity index (χ1v) is 7.79. The van der Waals surface area contributed by atoms with Crippen LogP contribution in [0.1, 0.15) is 18.9 Å². The van der Waals surface area contributed by atoms with Crippen molar-refractivity contribution in [3.8, 4) is 0 Å². The molecule has 0 radical (unpaired) electrons. The largest absolute Gasteiger partial charge is 0.356 e. The predicted octanol–water partition coefficient (Wildman–Crippen LogP) is 1.98. The van der Waals surface area contributed by atoms with Crippen LogP contribution in [0.5, 0.6) is 0 Å². The summed E-state index contributed by atoms with van der Waals surface area (Å²) in [6, 6.07) is 8.03. The number of aliphatic imine (C=N–C) groups is 1. The topological polar surface area (TPSA) is 56.7 Å². The highest BCUT2D eigenvalue weighted by molar-refractivity contribution is 9.10. The number of amides is 1. The van der Waals surface area contributed by atoms with Crippen molar-refractivity contribution in [2.75, 3.05) is 27.2 Å². The number of hydrogen-bond acceptors (Lipinski definition) is 2. The third-order valence-electron chi connectivity index (χ3n) is 2.78. The number of hydrogen-bond donors (Lipinski definition) is 2. The Balaban J connectivity index is 2.60. The maximum absolute atomic E-state index is 11.6. The van der Waals surface area contributed by atoms with Gasteiger partial charge in [-0.25, -0.2) is 4.99 Å². The zero-order chi connectivity index (χ0) is 15.7. The summed E-state index contributed by atoms with van der Waals surface area (Å²) in [5.41, 5.74) is 1.12. The summed E-state index contributed by atoms with van der Waals surface area (Å²) in [6.07, 6.45) is 1.00. The van der Waals surface area contributed by atoms with Crippen molar-refractivity contribution in [1.82, 2.24) is 15.5 Å². The zero-order valence-corrected chi connectivity index (χ0v) is 14.4. The van der Waals surface area contributed by atoms with Crippen LogP contribution in [0.2, 0.25) is 0 Å². The van der Waals surface area contributed by atoms with Crippen molar-refractivity contribution in [2.24, 2.45) is 4.99 Å². The van der Waals surface area contributed by atoms with Crippen LogP contribution in [0.15, 0.2) is 33.7 Å². The van der Waals surface area contributed by atoms with Crippen molar-refractivity contribution in [2.45, 2.75) is 19.9 Å². The van der Waals surface area contributed by atoms with Gasteiger partial charge in [0.15, 0.2) is 5.96 Å². The van der Waals surface area contributed by atoms with Crippen LogP contribution in [0.25, 0.3) is 0 Å². The molecule has 0 spiro atoms. The van der Waals surface area contributed by atoms with Crippen molar-refractivity contribution < 1.29 is 4.79 Å². The number of nitrogens with zero attached hydrogens (tertiary/aromatic N) is 2. The average molecular weight is 355 g/mol. The lowest BCUT2D eigenvalue weighted by Gasteiger charge is -2.14. The van der Waals surface area contributed by atoms with Crippen LogP contribution in [0.3, 0.4) is 0 Å². The van der Waals surface area contributed by atoms with Crippen LogP contribution < -0.4 is 10.6 Å². The molecule has 116 valence electrons. The molecule has 0 aromatic heterocycles. The Morgan fingerprint density at radius 3 is 2.48 bits per heavy atom. The molecular formula is C15H23BrN4O. The third-order valence-corrected chi connectivity index (χ3v) is 3.31. The average Bonchev–Trinajstić information content (AvgIpc) is 2.47. The fraction of sp³-hybridized carbons (Fsp3) is 0.467. The van der Waals surface area contributed by atoms with E-state index in [1.165, 1.54) is 0 Å². The molecule has 0 saturated carbocycles. The van der Waals surface area contributed by atoms with Gasteiger partial charge in [0.1, 0.15) is 0 Å². The molecule has 1 aromatic carbocycles. The van der Waals surface area contributed by atoms with Crippen LogP contribution in [0.4, 0.5) is 0 Å². The molecule has 1 amide bonds. The quantitative estimate of drug-likeness (QED) is 0.606. The monoisotopic (exact) mass is 354 g/mol. The number of halogens is 1. The minimum atomic E-state index is 0.0182. The first-order chi connectivity index (χ1) is 10.0. The van der Waals surface area contributed by atoms with E-state index in [4.69, 9.17) is 0 Å². The standard InChI is InChI=1S/C15H23BrN4O/c1-4-9-17-15(19-11-14(21)20(2)3)18-10-12-5-7-13(16)8-6-12/h5-8H,4,9-11H2,1-3H3,(H2,17,18,19). The Morgan fingerprint density at radius 1 is 1.24 bits per heavy atom. The first-order valence-electron chi connectivity index (χ1n) is 6.99. The van der Waals surface area contributed by atoms with Gasteiger partial charge < -0.3 is 15.5 Å². The van der Waals surface area contributed by atoms with Crippen molar-refractivity contribution in [3.05, 3.63) is 34.3 Å². The predicted molar refractivity (Wildman–Crippen MR) is 90.3 cm³/mol. The van der Waals surface area contributed by atoms with Gasteiger partial charge in [-0.15, -0.1) is 0 Å². The maximum atomic E-state index is 11.6. The highest BCUT2D eigenvalue weighted by Crippen LogP contribution is 2.10. The number of benzene rings is 1. The molecule has 21 heavy (non-hydrogen) atoms. The van der Waals surface area contributed by atoms with Crippen LogP contribution in [0, 0.1) is 0 Å². The fourth-order valence-electron chi connectivity index (χ4n) is 1.50. The first kappa shape index (κ1) is 17.5. The van der Waals surface area contributed by atoms with Crippen molar-refractivity contribution >= 4 is 27.8 Å². The number of rotatable bonds is 6. The number of guanidine groups is 1. The second-order valence-corrected chi connectivity index (χ2v) is 5.78. The highest BCUT2D eigenvalue weighted by Gasteiger charge is 2.05. The van der Waals surface area contributed by atoms with Crippen LogP contribution >= 0.6 is 15.9 Å². The van der Waals surface area contributed by atoms with E-state index in [-0.39, 0.29) is 12.5 Å². The second kappa shape index (κ2) is 9.39. The van der Waals surface area contributed by atoms with Gasteiger partial charge in [-0.1, -0.05) is 35.0 Å². The summed E-state index contributed by atoms with van der Waals surface area (Å²) < 4.78 is 1.05. The van der Waals surface area contributed by atoms with Crippen molar-refractivity contribution in [3.63, 3.8) is 0 Å². The molecule has 6 heteroatoms. The SMILES string of the molecule is CCCNC(=NCc1ccc(Br)cc1)NCC(=O)N(C)C. The van der Waals surface area contributed by atoms with Gasteiger partial charge in [-0.05, 0) is 24.1 Å². The van der Waals surface area contributed by atoms with Gasteiger partial charge in [0.05, 0.1) is 13.1 Å². The minimum Gasteiger partial charge on any atom is -0.356 e. The lowest BCUT2D eigenvalue weighted by atomic mass is 10.2. The molecule has 1 rings (SSSR count). The number of carbonyl (C=O) groups excluding carboxylic acids is 1. The molecule has 0 bridgehead atoms. The molecule has 0 unspecified atom stereocenters. The summed E-state index contributed by atoms with van der Waals surface area (Å²) in [5.74, 6) is 0.680. The molecule has 0 heterocycles. The molecule has 2 N–H and O–H groups in total. The Bertz CT molecular complexity index is 471. The Hall–Kier alpha value is -1.56. The van der Waals surface area contributed by atoms with Gasteiger partial charge in [0.2, 0.25) is 5.91 Å². The van der Waals surface area contributed by atoms with E-state index in [9.17, 15) is 4.79 Å². The lowest BCUT2D eigenvalue weighted by Crippen LogP contribution is -2.43. The summed E-state index contributed by atoms with van der Waals surface area (Å²) in [6.45, 7) is 3.72. The summed E-state index contributed by atoms with van der Waals surface area (Å²) in [4.78, 5) is 17.7. The summed E-state index contributed by atoms with van der Waals surface area (Å²) in [7, 11) is 3.48. The molecule has 0 aliphatic rings. The molecule has 0 saturated heterocycles. The molecular weight excluding hydrogens is 332 g/mol. The smallest absolute Gasteiger partial charge is 0.241 e. The molecule has 0 atom stereocenters. The highest BCUT2D eigenvalue weighted by atomic mass is 79.9. The van der Waals surface area contributed by atoms with Gasteiger partial charge >= 0.3 is 0 Å². The van der Waals surface area contributed by atoms with Gasteiger partial charge in [0.25, 0.3) is 0 Å². The molecule has 0 aliphatic heterocycles. The number of nitrogens with one attached hydrogen (secondary N) is 2. The minimum absolute atomic E-state index is 0.0182. The molecule has 5 nitrogen and oxygen atoms in total. The Morgan fingerprint density at radius 2 is 1.90 bits per heavy atom. The van der Waals surface area contributed by atoms with Crippen molar-refractivity contribution in [1.29, 1.82) is 0 Å². The second-order valence-electron chi connectivity index (χ2n) is 4.86. The Kier molecular flexibility index (Phi) is 7.82. The molecule has 1 aromatic rings. The van der Waals surface area contributed by atoms with E-state index in [1.54, 1.807) is 19.0 Å². The number of likely N-dealkylation sites (N-methyl/N-ethyl adjacent to an activating group) is 1. The normalized spacial score (nSPS) is 11.1. The van der Waals surface area contributed by atoms with Gasteiger partial charge in [0, 0.05) is 25.1 Å². The van der Waals surface area contributed by atoms with Gasteiger partial charge in [-0.2, -0.15) is 0 Å². The van der Waals surface area contributed by atoms with E-state index >= 15 is 0 Å². The summed E-state index contributed by atoms with van der Waals surface area (Å²) >= 11 is 3.41. The van der Waals surface area contributed by atoms with Crippen LogP contribution in [-0.2, 0) is 11.3 Å². The summed E-state index contributed by atoms with van der Waals surface area (Å²) in [5, 5.41) is 6.26. The van der Waals surface area contributed by atoms with E-state index in [1.807, 2.05) is 24.3 Å². The molecule has 0 fully saturated rings. The van der Waals surface area contributed by atoms with Crippen LogP contribution in [-0.4, -0.2) is 44.0 Å². The van der Waals surface area contributed by atoms with E-state index < -0.39 is 0 Å². The maximum Gasteiger partial charge on any atom is 0.241 e. The lowest BCUT2D eigenvalue weighted by molar-refractivity contribution is -0.127. The molecule has 0 aliphatic carbocycles. The zero-order valence-electron chi connectivity index (χ0n) is 12.8.